The highest BCUT2D eigenvalue weighted by molar-refractivity contribution is 5.30. The maximum Gasteiger partial charge on any atom is 0.226 e. The topological polar surface area (TPSA) is 50.3 Å². The van der Waals surface area contributed by atoms with Crippen molar-refractivity contribution < 1.29 is 4.74 Å². The molecule has 0 saturated carbocycles. The fraction of sp³-hybridized carbons (Fsp3) is 0.733. The first-order valence-electron chi connectivity index (χ1n) is 7.53. The molecule has 0 spiro atoms. The van der Waals surface area contributed by atoms with Crippen LogP contribution in [-0.4, -0.2) is 47.2 Å². The van der Waals surface area contributed by atoms with Gasteiger partial charge in [-0.25, -0.2) is 4.98 Å². The lowest BCUT2D eigenvalue weighted by Gasteiger charge is -2.17. The molecule has 0 fully saturated rings. The van der Waals surface area contributed by atoms with Gasteiger partial charge in [-0.05, 0) is 46.8 Å². The summed E-state index contributed by atoms with van der Waals surface area (Å²) in [5, 5.41) is 3.27. The number of nitrogens with zero attached hydrogens (tertiary/aromatic N) is 3. The van der Waals surface area contributed by atoms with E-state index in [0.29, 0.717) is 11.8 Å². The molecule has 5 heteroatoms. The molecule has 0 radical (unpaired) electrons. The van der Waals surface area contributed by atoms with Crippen molar-refractivity contribution >= 4 is 5.95 Å². The molecule has 1 rings (SSSR count). The first kappa shape index (κ1) is 16.7. The van der Waals surface area contributed by atoms with Crippen molar-refractivity contribution in [3.8, 4) is 5.88 Å². The highest BCUT2D eigenvalue weighted by Crippen LogP contribution is 2.13. The third kappa shape index (κ3) is 6.19. The minimum absolute atomic E-state index is 0.125. The average molecular weight is 280 g/mol. The Morgan fingerprint density at radius 2 is 1.95 bits per heavy atom. The Bertz CT molecular complexity index is 391. The monoisotopic (exact) mass is 280 g/mol. The molecule has 5 nitrogen and oxygen atoms in total. The zero-order valence-electron chi connectivity index (χ0n) is 13.4. The van der Waals surface area contributed by atoms with Crippen molar-refractivity contribution in [2.45, 2.75) is 47.1 Å². The molecule has 0 aliphatic heterocycles. The largest absolute Gasteiger partial charge is 0.475 e. The summed E-state index contributed by atoms with van der Waals surface area (Å²) >= 11 is 0. The van der Waals surface area contributed by atoms with Crippen LogP contribution in [0.5, 0.6) is 5.88 Å². The van der Waals surface area contributed by atoms with Crippen LogP contribution in [-0.2, 0) is 0 Å². The third-order valence-corrected chi connectivity index (χ3v) is 3.02. The summed E-state index contributed by atoms with van der Waals surface area (Å²) in [4.78, 5) is 11.2. The van der Waals surface area contributed by atoms with E-state index in [0.717, 1.165) is 38.3 Å². The Kier molecular flexibility index (Phi) is 7.30. The minimum atomic E-state index is 0.125. The number of anilines is 1. The van der Waals surface area contributed by atoms with Crippen molar-refractivity contribution in [3.63, 3.8) is 0 Å². The maximum absolute atomic E-state index is 5.62. The normalized spacial score (nSPS) is 11.2. The van der Waals surface area contributed by atoms with E-state index in [1.54, 1.807) is 0 Å². The molecule has 0 aliphatic rings. The van der Waals surface area contributed by atoms with Crippen LogP contribution in [0, 0.1) is 6.92 Å². The summed E-state index contributed by atoms with van der Waals surface area (Å²) in [5.74, 6) is 1.29. The van der Waals surface area contributed by atoms with Crippen molar-refractivity contribution in [1.82, 2.24) is 14.9 Å². The van der Waals surface area contributed by atoms with Gasteiger partial charge in [0.2, 0.25) is 11.8 Å². The van der Waals surface area contributed by atoms with Crippen LogP contribution in [0.25, 0.3) is 0 Å². The molecule has 0 aliphatic carbocycles. The van der Waals surface area contributed by atoms with E-state index in [1.165, 1.54) is 0 Å². The average Bonchev–Trinajstić information content (AvgIpc) is 2.37. The lowest BCUT2D eigenvalue weighted by Crippen LogP contribution is -2.25. The van der Waals surface area contributed by atoms with E-state index < -0.39 is 0 Å². The molecule has 1 aromatic heterocycles. The van der Waals surface area contributed by atoms with Crippen LogP contribution in [0.1, 0.15) is 39.8 Å². The van der Waals surface area contributed by atoms with Gasteiger partial charge in [-0.3, -0.25) is 0 Å². The summed E-state index contributed by atoms with van der Waals surface area (Å²) in [6, 6.07) is 1.86. The molecule has 0 bridgehead atoms. The number of rotatable bonds is 9. The first-order valence-corrected chi connectivity index (χ1v) is 7.53. The van der Waals surface area contributed by atoms with Gasteiger partial charge in [0, 0.05) is 18.3 Å². The van der Waals surface area contributed by atoms with Crippen molar-refractivity contribution in [1.29, 1.82) is 0 Å². The van der Waals surface area contributed by atoms with Crippen LogP contribution in [0.3, 0.4) is 0 Å². The Labute approximate surface area is 122 Å². The Morgan fingerprint density at radius 1 is 1.25 bits per heavy atom. The lowest BCUT2D eigenvalue weighted by molar-refractivity contribution is 0.232. The maximum atomic E-state index is 5.62. The highest BCUT2D eigenvalue weighted by Gasteiger charge is 2.05. The Morgan fingerprint density at radius 3 is 2.55 bits per heavy atom. The predicted molar refractivity (Wildman–Crippen MR) is 83.4 cm³/mol. The first-order chi connectivity index (χ1) is 9.55. The van der Waals surface area contributed by atoms with Gasteiger partial charge in [0.25, 0.3) is 0 Å². The second kappa shape index (κ2) is 8.74. The molecule has 1 heterocycles. The van der Waals surface area contributed by atoms with Gasteiger partial charge in [-0.1, -0.05) is 13.8 Å². The van der Waals surface area contributed by atoms with Crippen LogP contribution in [0.4, 0.5) is 5.95 Å². The van der Waals surface area contributed by atoms with Crippen LogP contribution in [0.2, 0.25) is 0 Å². The summed E-state index contributed by atoms with van der Waals surface area (Å²) in [7, 11) is 0. The van der Waals surface area contributed by atoms with E-state index in [-0.39, 0.29) is 6.10 Å². The SMILES string of the molecule is CCN(CC)CCCNc1nc(C)cc(OC(C)C)n1. The van der Waals surface area contributed by atoms with Gasteiger partial charge in [0.05, 0.1) is 6.10 Å². The number of ether oxygens (including phenoxy) is 1. The van der Waals surface area contributed by atoms with E-state index in [4.69, 9.17) is 4.74 Å². The van der Waals surface area contributed by atoms with Crippen LogP contribution in [0.15, 0.2) is 6.07 Å². The smallest absolute Gasteiger partial charge is 0.226 e. The van der Waals surface area contributed by atoms with Gasteiger partial charge in [-0.15, -0.1) is 0 Å². The number of hydrogen-bond donors (Lipinski definition) is 1. The summed E-state index contributed by atoms with van der Waals surface area (Å²) in [5.41, 5.74) is 0.918. The molecule has 114 valence electrons. The van der Waals surface area contributed by atoms with Crippen molar-refractivity contribution in [2.24, 2.45) is 0 Å². The Balaban J connectivity index is 2.45. The highest BCUT2D eigenvalue weighted by atomic mass is 16.5. The van der Waals surface area contributed by atoms with Crippen molar-refractivity contribution in [2.75, 3.05) is 31.5 Å². The molecule has 0 atom stereocenters. The van der Waals surface area contributed by atoms with Crippen LogP contribution < -0.4 is 10.1 Å². The van der Waals surface area contributed by atoms with Gasteiger partial charge in [0.15, 0.2) is 0 Å². The number of aryl methyl sites for hydroxylation is 1. The molecular formula is C15H28N4O. The Hall–Kier alpha value is -1.36. The zero-order chi connectivity index (χ0) is 15.0. The van der Waals surface area contributed by atoms with E-state index in [1.807, 2.05) is 26.8 Å². The molecule has 1 N–H and O–H groups in total. The molecule has 1 aromatic rings. The number of aromatic nitrogens is 2. The second-order valence-corrected chi connectivity index (χ2v) is 5.14. The number of nitrogens with one attached hydrogen (secondary N) is 1. The molecular weight excluding hydrogens is 252 g/mol. The molecule has 0 saturated heterocycles. The van der Waals surface area contributed by atoms with Gasteiger partial charge >= 0.3 is 0 Å². The summed E-state index contributed by atoms with van der Waals surface area (Å²) in [6.07, 6.45) is 1.21. The minimum Gasteiger partial charge on any atom is -0.475 e. The molecule has 0 unspecified atom stereocenters. The third-order valence-electron chi connectivity index (χ3n) is 3.02. The standard InChI is InChI=1S/C15H28N4O/c1-6-19(7-2)10-8-9-16-15-17-13(5)11-14(18-15)20-12(3)4/h11-12H,6-10H2,1-5H3,(H,16,17,18). The van der Waals surface area contributed by atoms with Gasteiger partial charge in [-0.2, -0.15) is 4.98 Å². The van der Waals surface area contributed by atoms with Crippen molar-refractivity contribution in [3.05, 3.63) is 11.8 Å². The summed E-state index contributed by atoms with van der Waals surface area (Å²) < 4.78 is 5.62. The fourth-order valence-corrected chi connectivity index (χ4v) is 1.96. The molecule has 20 heavy (non-hydrogen) atoms. The number of hydrogen-bond acceptors (Lipinski definition) is 5. The quantitative estimate of drug-likeness (QED) is 0.705. The van der Waals surface area contributed by atoms with E-state index >= 15 is 0 Å². The van der Waals surface area contributed by atoms with Crippen LogP contribution >= 0.6 is 0 Å². The van der Waals surface area contributed by atoms with Gasteiger partial charge in [0.1, 0.15) is 0 Å². The molecule has 0 amide bonds. The fourth-order valence-electron chi connectivity index (χ4n) is 1.96. The zero-order valence-corrected chi connectivity index (χ0v) is 13.4. The van der Waals surface area contributed by atoms with E-state index in [9.17, 15) is 0 Å². The second-order valence-electron chi connectivity index (χ2n) is 5.14. The summed E-state index contributed by atoms with van der Waals surface area (Å²) in [6.45, 7) is 14.5. The van der Waals surface area contributed by atoms with E-state index in [2.05, 4.69) is 34.0 Å². The predicted octanol–water partition coefficient (Wildman–Crippen LogP) is 2.72. The molecule has 0 aromatic carbocycles. The lowest BCUT2D eigenvalue weighted by atomic mass is 10.3. The van der Waals surface area contributed by atoms with Gasteiger partial charge < -0.3 is 15.0 Å².